The molecule has 0 bridgehead atoms. The van der Waals surface area contributed by atoms with E-state index in [-0.39, 0.29) is 24.0 Å². The summed E-state index contributed by atoms with van der Waals surface area (Å²) in [4.78, 5) is 4.37. The summed E-state index contributed by atoms with van der Waals surface area (Å²) < 4.78 is 5.14. The van der Waals surface area contributed by atoms with Gasteiger partial charge in [-0.2, -0.15) is 0 Å². The van der Waals surface area contributed by atoms with Crippen LogP contribution in [0.5, 0.6) is 0 Å². The van der Waals surface area contributed by atoms with Crippen LogP contribution in [0.25, 0.3) is 0 Å². The molecule has 3 N–H and O–H groups in total. The maximum atomic E-state index is 9.87. The van der Waals surface area contributed by atoms with Gasteiger partial charge in [-0.15, -0.1) is 24.0 Å². The predicted molar refractivity (Wildman–Crippen MR) is 85.8 cm³/mol. The lowest BCUT2D eigenvalue weighted by molar-refractivity contribution is 0.158. The molecule has 0 aliphatic heterocycles. The van der Waals surface area contributed by atoms with Gasteiger partial charge < -0.3 is 20.2 Å². The molecule has 1 aromatic heterocycles. The van der Waals surface area contributed by atoms with Gasteiger partial charge in [-0.3, -0.25) is 4.99 Å². The largest absolute Gasteiger partial charge is 0.467 e. The number of halogens is 1. The van der Waals surface area contributed by atoms with Crippen LogP contribution in [0.15, 0.2) is 27.8 Å². The number of aliphatic imine (C=N–C) groups is 1. The first kappa shape index (κ1) is 16.3. The maximum Gasteiger partial charge on any atom is 0.191 e. The average Bonchev–Trinajstić information content (AvgIpc) is 2.86. The van der Waals surface area contributed by atoms with Crippen LogP contribution in [0, 0.1) is 5.92 Å². The minimum atomic E-state index is -0.688. The molecule has 0 aromatic carbocycles. The van der Waals surface area contributed by atoms with Crippen molar-refractivity contribution in [1.82, 2.24) is 10.6 Å². The summed E-state index contributed by atoms with van der Waals surface area (Å²) in [5.41, 5.74) is 0. The summed E-state index contributed by atoms with van der Waals surface area (Å²) in [6.07, 6.45) is 2.05. The summed E-state index contributed by atoms with van der Waals surface area (Å²) in [5.74, 6) is 2.02. The fourth-order valence-electron chi connectivity index (χ4n) is 1.77. The zero-order valence-corrected chi connectivity index (χ0v) is 13.6. The summed E-state index contributed by atoms with van der Waals surface area (Å²) in [6.45, 7) is 5.34. The van der Waals surface area contributed by atoms with Gasteiger partial charge in [-0.1, -0.05) is 6.92 Å². The fourth-order valence-corrected chi connectivity index (χ4v) is 1.77. The topological polar surface area (TPSA) is 69.8 Å². The summed E-state index contributed by atoms with van der Waals surface area (Å²) in [7, 11) is 0. The second kappa shape index (κ2) is 7.74. The van der Waals surface area contributed by atoms with Crippen LogP contribution in [0.1, 0.15) is 32.1 Å². The maximum absolute atomic E-state index is 9.87. The van der Waals surface area contributed by atoms with Gasteiger partial charge in [0.25, 0.3) is 0 Å². The first-order valence-electron chi connectivity index (χ1n) is 6.47. The van der Waals surface area contributed by atoms with Crippen molar-refractivity contribution in [2.24, 2.45) is 10.9 Å². The van der Waals surface area contributed by atoms with Crippen molar-refractivity contribution in [2.75, 3.05) is 13.1 Å². The number of aliphatic hydroxyl groups is 1. The number of rotatable bonds is 5. The number of hydrogen-bond donors (Lipinski definition) is 3. The number of furan rings is 1. The molecule has 1 aromatic rings. The van der Waals surface area contributed by atoms with E-state index < -0.39 is 6.10 Å². The zero-order chi connectivity index (χ0) is 13.0. The van der Waals surface area contributed by atoms with E-state index in [1.54, 1.807) is 18.4 Å². The first-order valence-corrected chi connectivity index (χ1v) is 6.47. The van der Waals surface area contributed by atoms with Gasteiger partial charge in [-0.25, -0.2) is 0 Å². The van der Waals surface area contributed by atoms with Crippen LogP contribution in [0.2, 0.25) is 0 Å². The Morgan fingerprint density at radius 2 is 2.37 bits per heavy atom. The Morgan fingerprint density at radius 1 is 1.63 bits per heavy atom. The monoisotopic (exact) mass is 379 g/mol. The molecule has 1 fully saturated rings. The number of hydrogen-bond acceptors (Lipinski definition) is 3. The molecule has 3 atom stereocenters. The fraction of sp³-hybridized carbons (Fsp3) is 0.615. The summed E-state index contributed by atoms with van der Waals surface area (Å²) in [5, 5.41) is 16.4. The van der Waals surface area contributed by atoms with Crippen molar-refractivity contribution in [3.05, 3.63) is 24.2 Å². The molecule has 0 amide bonds. The minimum absolute atomic E-state index is 0. The predicted octanol–water partition coefficient (Wildman–Crippen LogP) is 1.89. The third-order valence-electron chi connectivity index (χ3n) is 3.07. The first-order chi connectivity index (χ1) is 8.70. The van der Waals surface area contributed by atoms with Crippen molar-refractivity contribution < 1.29 is 9.52 Å². The molecule has 0 spiro atoms. The third kappa shape index (κ3) is 5.02. The number of nitrogens with one attached hydrogen (secondary N) is 2. The Hall–Kier alpha value is -0.760. The molecular weight excluding hydrogens is 357 g/mol. The molecule has 3 unspecified atom stereocenters. The third-order valence-corrected chi connectivity index (χ3v) is 3.07. The Morgan fingerprint density at radius 3 is 2.89 bits per heavy atom. The molecule has 6 heteroatoms. The highest BCUT2D eigenvalue weighted by Crippen LogP contribution is 2.28. The van der Waals surface area contributed by atoms with Crippen molar-refractivity contribution in [3.8, 4) is 0 Å². The van der Waals surface area contributed by atoms with Crippen molar-refractivity contribution in [1.29, 1.82) is 0 Å². The average molecular weight is 379 g/mol. The molecule has 19 heavy (non-hydrogen) atoms. The van der Waals surface area contributed by atoms with Gasteiger partial charge in [0.2, 0.25) is 0 Å². The second-order valence-electron chi connectivity index (χ2n) is 4.71. The van der Waals surface area contributed by atoms with Gasteiger partial charge in [0.05, 0.1) is 12.8 Å². The lowest BCUT2D eigenvalue weighted by Crippen LogP contribution is -2.39. The second-order valence-corrected chi connectivity index (χ2v) is 4.71. The molecule has 0 radical (unpaired) electrons. The molecule has 1 aliphatic carbocycles. The number of guanidine groups is 1. The summed E-state index contributed by atoms with van der Waals surface area (Å²) >= 11 is 0. The van der Waals surface area contributed by atoms with Gasteiger partial charge in [0, 0.05) is 12.6 Å². The van der Waals surface area contributed by atoms with E-state index in [2.05, 4.69) is 22.5 Å². The molecule has 108 valence electrons. The number of aliphatic hydroxyl groups excluding tert-OH is 1. The normalized spacial score (nSPS) is 23.4. The van der Waals surface area contributed by atoms with E-state index in [1.165, 1.54) is 6.42 Å². The quantitative estimate of drug-likeness (QED) is 0.415. The highest BCUT2D eigenvalue weighted by molar-refractivity contribution is 14.0. The van der Waals surface area contributed by atoms with Gasteiger partial charge in [-0.05, 0) is 31.4 Å². The molecule has 1 aliphatic rings. The molecule has 5 nitrogen and oxygen atoms in total. The van der Waals surface area contributed by atoms with E-state index >= 15 is 0 Å². The van der Waals surface area contributed by atoms with E-state index in [1.807, 2.05) is 6.92 Å². The van der Waals surface area contributed by atoms with Gasteiger partial charge in [0.1, 0.15) is 11.9 Å². The standard InChI is InChI=1S/C13H21N3O2.HI/c1-3-14-13(16-10-7-9(10)2)15-8-11(17)12-5-4-6-18-12;/h4-6,9-11,17H,3,7-8H2,1-2H3,(H2,14,15,16);1H. The van der Waals surface area contributed by atoms with Gasteiger partial charge in [0.15, 0.2) is 5.96 Å². The van der Waals surface area contributed by atoms with Crippen LogP contribution in [-0.4, -0.2) is 30.2 Å². The smallest absolute Gasteiger partial charge is 0.191 e. The van der Waals surface area contributed by atoms with Crippen LogP contribution in [0.3, 0.4) is 0 Å². The van der Waals surface area contributed by atoms with E-state index in [0.29, 0.717) is 24.3 Å². The van der Waals surface area contributed by atoms with Crippen LogP contribution in [0.4, 0.5) is 0 Å². The molecule has 1 heterocycles. The Labute approximate surface area is 130 Å². The van der Waals surface area contributed by atoms with Crippen molar-refractivity contribution >= 4 is 29.9 Å². The Balaban J connectivity index is 0.00000180. The Kier molecular flexibility index (Phi) is 6.64. The van der Waals surface area contributed by atoms with E-state index in [0.717, 1.165) is 12.5 Å². The van der Waals surface area contributed by atoms with E-state index in [4.69, 9.17) is 4.42 Å². The highest BCUT2D eigenvalue weighted by Gasteiger charge is 2.33. The van der Waals surface area contributed by atoms with Crippen LogP contribution >= 0.6 is 24.0 Å². The molecular formula is C13H22IN3O2. The molecule has 0 saturated heterocycles. The lowest BCUT2D eigenvalue weighted by Gasteiger charge is -2.11. The number of nitrogens with zero attached hydrogens (tertiary/aromatic N) is 1. The zero-order valence-electron chi connectivity index (χ0n) is 11.3. The highest BCUT2D eigenvalue weighted by atomic mass is 127. The van der Waals surface area contributed by atoms with Crippen molar-refractivity contribution in [3.63, 3.8) is 0 Å². The molecule has 2 rings (SSSR count). The van der Waals surface area contributed by atoms with Gasteiger partial charge >= 0.3 is 0 Å². The van der Waals surface area contributed by atoms with Crippen LogP contribution < -0.4 is 10.6 Å². The SMILES string of the molecule is CCNC(=NCC(O)c1ccco1)NC1CC1C.I. The summed E-state index contributed by atoms with van der Waals surface area (Å²) in [6, 6.07) is 4.03. The van der Waals surface area contributed by atoms with Crippen LogP contribution in [-0.2, 0) is 0 Å². The molecule has 1 saturated carbocycles. The van der Waals surface area contributed by atoms with E-state index in [9.17, 15) is 5.11 Å². The minimum Gasteiger partial charge on any atom is -0.467 e. The van der Waals surface area contributed by atoms with Crippen molar-refractivity contribution in [2.45, 2.75) is 32.4 Å². The Bertz CT molecular complexity index is 395. The lowest BCUT2D eigenvalue weighted by atomic mass is 10.3.